The molecule has 1 aliphatic rings. The fraction of sp³-hybridized carbons (Fsp3) is 0.400. The first-order valence-electron chi connectivity index (χ1n) is 10.0. The third-order valence-corrected chi connectivity index (χ3v) is 8.35. The Bertz CT molecular complexity index is 1180. The molecule has 1 N–H and O–H groups in total. The molecule has 1 aliphatic heterocycles. The lowest BCUT2D eigenvalue weighted by molar-refractivity contribution is -0.159. The van der Waals surface area contributed by atoms with E-state index < -0.39 is 21.8 Å². The van der Waals surface area contributed by atoms with Crippen LogP contribution in [0.1, 0.15) is 30.0 Å². The molecular weight excluding hydrogens is 454 g/mol. The van der Waals surface area contributed by atoms with E-state index in [4.69, 9.17) is 4.74 Å². The molecule has 1 atom stereocenters. The third-order valence-electron chi connectivity index (χ3n) is 5.46. The lowest BCUT2D eigenvalue weighted by Crippen LogP contribution is -2.44. The van der Waals surface area contributed by atoms with E-state index >= 15 is 0 Å². The Morgan fingerprint density at radius 2 is 2.16 bits per heavy atom. The van der Waals surface area contributed by atoms with Crippen LogP contribution in [-0.2, 0) is 14.8 Å². The maximum absolute atomic E-state index is 13.0. The van der Waals surface area contributed by atoms with Gasteiger partial charge in [-0.05, 0) is 42.3 Å². The molecule has 12 heteroatoms. The van der Waals surface area contributed by atoms with Crippen LogP contribution >= 0.6 is 11.3 Å². The SMILES string of the molecule is Cc1csc2ncnc(OC3CCN(S(=O)(=O)CC(c4cccnc4)N(O)C=O)CC3)c12. The molecule has 3 aromatic heterocycles. The molecule has 32 heavy (non-hydrogen) atoms. The molecule has 4 rings (SSSR count). The van der Waals surface area contributed by atoms with E-state index in [0.29, 0.717) is 29.3 Å². The maximum atomic E-state index is 13.0. The maximum Gasteiger partial charge on any atom is 0.233 e. The second-order valence-electron chi connectivity index (χ2n) is 7.56. The van der Waals surface area contributed by atoms with Crippen LogP contribution in [0.4, 0.5) is 0 Å². The van der Waals surface area contributed by atoms with Gasteiger partial charge in [-0.2, -0.15) is 0 Å². The van der Waals surface area contributed by atoms with Gasteiger partial charge in [0.15, 0.2) is 0 Å². The van der Waals surface area contributed by atoms with Gasteiger partial charge in [-0.25, -0.2) is 27.8 Å². The highest BCUT2D eigenvalue weighted by molar-refractivity contribution is 7.89. The average molecular weight is 478 g/mol. The second-order valence-corrected chi connectivity index (χ2v) is 10.4. The van der Waals surface area contributed by atoms with Crippen molar-refractivity contribution < 1.29 is 23.2 Å². The largest absolute Gasteiger partial charge is 0.474 e. The number of piperidine rings is 1. The van der Waals surface area contributed by atoms with E-state index in [-0.39, 0.29) is 25.6 Å². The van der Waals surface area contributed by atoms with Gasteiger partial charge in [0.1, 0.15) is 23.3 Å². The molecule has 0 saturated carbocycles. The van der Waals surface area contributed by atoms with Crippen LogP contribution in [0.25, 0.3) is 10.2 Å². The van der Waals surface area contributed by atoms with Crippen molar-refractivity contribution in [2.24, 2.45) is 0 Å². The summed E-state index contributed by atoms with van der Waals surface area (Å²) < 4.78 is 33.5. The molecule has 1 unspecified atom stereocenters. The summed E-state index contributed by atoms with van der Waals surface area (Å²) in [6.07, 6.45) is 5.47. The zero-order chi connectivity index (χ0) is 22.7. The van der Waals surface area contributed by atoms with Crippen molar-refractivity contribution in [1.29, 1.82) is 0 Å². The van der Waals surface area contributed by atoms with Gasteiger partial charge >= 0.3 is 0 Å². The zero-order valence-corrected chi connectivity index (χ0v) is 19.0. The minimum atomic E-state index is -3.75. The van der Waals surface area contributed by atoms with Gasteiger partial charge in [0.25, 0.3) is 0 Å². The summed E-state index contributed by atoms with van der Waals surface area (Å²) in [4.78, 5) is 24.5. The molecule has 170 valence electrons. The van der Waals surface area contributed by atoms with Gasteiger partial charge in [-0.3, -0.25) is 15.0 Å². The molecule has 3 aromatic rings. The normalized spacial score (nSPS) is 16.7. The van der Waals surface area contributed by atoms with Crippen LogP contribution in [-0.4, -0.2) is 69.3 Å². The average Bonchev–Trinajstić information content (AvgIpc) is 3.20. The van der Waals surface area contributed by atoms with Gasteiger partial charge in [-0.1, -0.05) is 6.07 Å². The fourth-order valence-electron chi connectivity index (χ4n) is 3.74. The van der Waals surface area contributed by atoms with Gasteiger partial charge in [0.05, 0.1) is 11.1 Å². The van der Waals surface area contributed by atoms with E-state index in [1.54, 1.807) is 12.1 Å². The third kappa shape index (κ3) is 4.72. The first kappa shape index (κ1) is 22.5. The van der Waals surface area contributed by atoms with Crippen molar-refractivity contribution in [1.82, 2.24) is 24.3 Å². The number of hydrogen-bond acceptors (Lipinski definition) is 9. The number of hydrogen-bond donors (Lipinski definition) is 1. The molecule has 1 fully saturated rings. The Hall–Kier alpha value is -2.67. The van der Waals surface area contributed by atoms with Crippen LogP contribution < -0.4 is 4.74 Å². The van der Waals surface area contributed by atoms with Crippen molar-refractivity contribution in [3.63, 3.8) is 0 Å². The van der Waals surface area contributed by atoms with Gasteiger partial charge in [-0.15, -0.1) is 11.3 Å². The summed E-state index contributed by atoms with van der Waals surface area (Å²) in [5.41, 5.74) is 1.48. The van der Waals surface area contributed by atoms with Crippen LogP contribution in [0.5, 0.6) is 5.88 Å². The standard InChI is InChI=1S/C20H23N5O5S2/c1-14-10-31-20-18(14)19(22-12-23-20)30-16-4-7-24(8-5-16)32(28,29)11-17(25(27)13-26)15-3-2-6-21-9-15/h2-3,6,9-10,12-13,16-17,27H,4-5,7-8,11H2,1H3. The van der Waals surface area contributed by atoms with E-state index in [0.717, 1.165) is 15.8 Å². The number of pyridine rings is 1. The number of rotatable bonds is 8. The number of hydroxylamine groups is 2. The number of sulfonamides is 1. The summed E-state index contributed by atoms with van der Waals surface area (Å²) in [6.45, 7) is 2.53. The number of amides is 1. The van der Waals surface area contributed by atoms with Crippen molar-refractivity contribution in [2.45, 2.75) is 31.9 Å². The fourth-order valence-corrected chi connectivity index (χ4v) is 6.34. The van der Waals surface area contributed by atoms with Gasteiger partial charge < -0.3 is 4.74 Å². The van der Waals surface area contributed by atoms with Gasteiger partial charge in [0, 0.05) is 25.5 Å². The zero-order valence-electron chi connectivity index (χ0n) is 17.4. The molecule has 4 heterocycles. The summed E-state index contributed by atoms with van der Waals surface area (Å²) in [5, 5.41) is 13.2. The molecule has 1 amide bonds. The smallest absolute Gasteiger partial charge is 0.233 e. The number of carbonyl (C=O) groups excluding carboxylic acids is 1. The highest BCUT2D eigenvalue weighted by Crippen LogP contribution is 2.32. The van der Waals surface area contributed by atoms with Gasteiger partial charge in [0.2, 0.25) is 22.3 Å². The van der Waals surface area contributed by atoms with Crippen LogP contribution in [0.15, 0.2) is 36.2 Å². The minimum Gasteiger partial charge on any atom is -0.474 e. The van der Waals surface area contributed by atoms with E-state index in [1.165, 1.54) is 34.4 Å². The predicted molar refractivity (Wildman–Crippen MR) is 118 cm³/mol. The first-order valence-corrected chi connectivity index (χ1v) is 12.5. The molecule has 0 radical (unpaired) electrons. The number of aryl methyl sites for hydroxylation is 1. The lowest BCUT2D eigenvalue weighted by Gasteiger charge is -2.33. The van der Waals surface area contributed by atoms with Crippen molar-refractivity contribution in [2.75, 3.05) is 18.8 Å². The van der Waals surface area contributed by atoms with Crippen molar-refractivity contribution in [3.05, 3.63) is 47.4 Å². The summed E-state index contributed by atoms with van der Waals surface area (Å²) in [5.74, 6) is 0.0775. The molecule has 0 spiro atoms. The molecule has 0 aliphatic carbocycles. The second kappa shape index (κ2) is 9.45. The van der Waals surface area contributed by atoms with E-state index in [1.807, 2.05) is 12.3 Å². The minimum absolute atomic E-state index is 0.169. The van der Waals surface area contributed by atoms with E-state index in [9.17, 15) is 18.4 Å². The Labute approximate surface area is 189 Å². The Balaban J connectivity index is 1.42. The van der Waals surface area contributed by atoms with Crippen LogP contribution in [0, 0.1) is 6.92 Å². The molecule has 10 nitrogen and oxygen atoms in total. The number of aromatic nitrogens is 3. The summed E-state index contributed by atoms with van der Waals surface area (Å²) in [6, 6.07) is 2.20. The quantitative estimate of drug-likeness (QED) is 0.297. The highest BCUT2D eigenvalue weighted by atomic mass is 32.2. The Kier molecular flexibility index (Phi) is 6.65. The van der Waals surface area contributed by atoms with Crippen LogP contribution in [0.2, 0.25) is 0 Å². The molecule has 0 aromatic carbocycles. The first-order chi connectivity index (χ1) is 15.4. The van der Waals surface area contributed by atoms with Crippen molar-refractivity contribution >= 4 is 38.0 Å². The molecule has 1 saturated heterocycles. The number of thiophene rings is 1. The highest BCUT2D eigenvalue weighted by Gasteiger charge is 2.33. The van der Waals surface area contributed by atoms with E-state index in [2.05, 4.69) is 15.0 Å². The number of nitrogens with zero attached hydrogens (tertiary/aromatic N) is 5. The molecule has 0 bridgehead atoms. The monoisotopic (exact) mass is 477 g/mol. The molecular formula is C20H23N5O5S2. The lowest BCUT2D eigenvalue weighted by atomic mass is 10.1. The Morgan fingerprint density at radius 1 is 1.38 bits per heavy atom. The number of fused-ring (bicyclic) bond motifs is 1. The summed E-state index contributed by atoms with van der Waals surface area (Å²) >= 11 is 1.53. The Morgan fingerprint density at radius 3 is 2.84 bits per heavy atom. The van der Waals surface area contributed by atoms with Crippen LogP contribution in [0.3, 0.4) is 0 Å². The number of ether oxygens (including phenoxy) is 1. The predicted octanol–water partition coefficient (Wildman–Crippen LogP) is 2.16. The summed E-state index contributed by atoms with van der Waals surface area (Å²) in [7, 11) is -3.75. The van der Waals surface area contributed by atoms with Crippen molar-refractivity contribution in [3.8, 4) is 5.88 Å². The number of carbonyl (C=O) groups is 1. The topological polar surface area (TPSA) is 126 Å².